The maximum Gasteiger partial charge on any atom is 0.265 e. The molecule has 0 bridgehead atoms. The second-order valence-corrected chi connectivity index (χ2v) is 6.85. The number of hydrogen-bond acceptors (Lipinski definition) is 4. The highest BCUT2D eigenvalue weighted by Gasteiger charge is 2.26. The van der Waals surface area contributed by atoms with Gasteiger partial charge in [-0.25, -0.2) is 0 Å². The SMILES string of the molecule is CC(C)(C)c1nnsc1C(=O)NCc1ccc(CCl)cc1. The van der Waals surface area contributed by atoms with Crippen molar-refractivity contribution in [3.63, 3.8) is 0 Å². The molecule has 4 nitrogen and oxygen atoms in total. The molecule has 6 heteroatoms. The molecule has 0 atom stereocenters. The van der Waals surface area contributed by atoms with E-state index >= 15 is 0 Å². The Morgan fingerprint density at radius 1 is 1.24 bits per heavy atom. The van der Waals surface area contributed by atoms with E-state index in [2.05, 4.69) is 14.9 Å². The largest absolute Gasteiger partial charge is 0.347 e. The van der Waals surface area contributed by atoms with E-state index in [0.717, 1.165) is 28.4 Å². The number of nitrogens with one attached hydrogen (secondary N) is 1. The summed E-state index contributed by atoms with van der Waals surface area (Å²) in [5, 5.41) is 6.99. The van der Waals surface area contributed by atoms with Crippen LogP contribution in [0.5, 0.6) is 0 Å². The molecule has 1 aromatic heterocycles. The zero-order valence-corrected chi connectivity index (χ0v) is 13.9. The van der Waals surface area contributed by atoms with Crippen molar-refractivity contribution in [3.8, 4) is 0 Å². The lowest BCUT2D eigenvalue weighted by atomic mass is 9.91. The minimum atomic E-state index is -0.193. The molecule has 1 amide bonds. The van der Waals surface area contributed by atoms with Crippen molar-refractivity contribution in [1.82, 2.24) is 14.9 Å². The third kappa shape index (κ3) is 4.02. The number of carbonyl (C=O) groups is 1. The fraction of sp³-hybridized carbons (Fsp3) is 0.400. The Kier molecular flexibility index (Phi) is 4.96. The number of carbonyl (C=O) groups excluding carboxylic acids is 1. The van der Waals surface area contributed by atoms with Crippen LogP contribution < -0.4 is 5.32 Å². The van der Waals surface area contributed by atoms with Gasteiger partial charge in [-0.05, 0) is 22.7 Å². The first-order valence-electron chi connectivity index (χ1n) is 6.66. The molecule has 0 aliphatic carbocycles. The minimum Gasteiger partial charge on any atom is -0.347 e. The lowest BCUT2D eigenvalue weighted by molar-refractivity contribution is 0.0952. The monoisotopic (exact) mass is 323 g/mol. The molecule has 1 heterocycles. The molecule has 0 saturated carbocycles. The van der Waals surface area contributed by atoms with E-state index in [1.807, 2.05) is 45.0 Å². The van der Waals surface area contributed by atoms with Crippen molar-refractivity contribution < 1.29 is 4.79 Å². The van der Waals surface area contributed by atoms with Gasteiger partial charge in [0.15, 0.2) is 0 Å². The van der Waals surface area contributed by atoms with Gasteiger partial charge < -0.3 is 5.32 Å². The molecule has 0 radical (unpaired) electrons. The van der Waals surface area contributed by atoms with Crippen molar-refractivity contribution in [2.24, 2.45) is 0 Å². The highest BCUT2D eigenvalue weighted by Crippen LogP contribution is 2.25. The molecule has 21 heavy (non-hydrogen) atoms. The highest BCUT2D eigenvalue weighted by atomic mass is 35.5. The Morgan fingerprint density at radius 3 is 2.43 bits per heavy atom. The number of hydrogen-bond donors (Lipinski definition) is 1. The van der Waals surface area contributed by atoms with Gasteiger partial charge in [-0.3, -0.25) is 4.79 Å². The zero-order valence-electron chi connectivity index (χ0n) is 12.3. The third-order valence-electron chi connectivity index (χ3n) is 3.03. The van der Waals surface area contributed by atoms with Gasteiger partial charge in [0.1, 0.15) is 4.88 Å². The van der Waals surface area contributed by atoms with E-state index in [1.165, 1.54) is 0 Å². The Hall–Kier alpha value is -1.46. The molecule has 0 spiro atoms. The van der Waals surface area contributed by atoms with Crippen LogP contribution in [0.2, 0.25) is 0 Å². The predicted octanol–water partition coefficient (Wildman–Crippen LogP) is 3.50. The topological polar surface area (TPSA) is 54.9 Å². The molecule has 0 aliphatic heterocycles. The van der Waals surface area contributed by atoms with Gasteiger partial charge in [0.25, 0.3) is 5.91 Å². The highest BCUT2D eigenvalue weighted by molar-refractivity contribution is 7.08. The molecule has 112 valence electrons. The van der Waals surface area contributed by atoms with E-state index in [-0.39, 0.29) is 11.3 Å². The van der Waals surface area contributed by atoms with E-state index < -0.39 is 0 Å². The maximum absolute atomic E-state index is 12.3. The summed E-state index contributed by atoms with van der Waals surface area (Å²) in [7, 11) is 0. The molecule has 0 aliphatic rings. The minimum absolute atomic E-state index is 0.128. The lowest BCUT2D eigenvalue weighted by Crippen LogP contribution is -2.25. The van der Waals surface area contributed by atoms with Gasteiger partial charge in [-0.15, -0.1) is 16.7 Å². The van der Waals surface area contributed by atoms with Crippen molar-refractivity contribution in [2.75, 3.05) is 0 Å². The van der Waals surface area contributed by atoms with E-state index in [0.29, 0.717) is 17.3 Å². The Morgan fingerprint density at radius 2 is 1.86 bits per heavy atom. The first-order valence-corrected chi connectivity index (χ1v) is 7.97. The molecule has 1 N–H and O–H groups in total. The number of benzene rings is 1. The molecular formula is C15H18ClN3OS. The fourth-order valence-corrected chi connectivity index (χ4v) is 2.81. The molecular weight excluding hydrogens is 306 g/mol. The van der Waals surface area contributed by atoms with E-state index in [1.54, 1.807) is 0 Å². The van der Waals surface area contributed by atoms with Crippen LogP contribution in [-0.2, 0) is 17.8 Å². The lowest BCUT2D eigenvalue weighted by Gasteiger charge is -2.16. The summed E-state index contributed by atoms with van der Waals surface area (Å²) in [6, 6.07) is 7.85. The number of alkyl halides is 1. The molecule has 0 saturated heterocycles. The van der Waals surface area contributed by atoms with Gasteiger partial charge in [0.2, 0.25) is 0 Å². The summed E-state index contributed by atoms with van der Waals surface area (Å²) < 4.78 is 3.90. The van der Waals surface area contributed by atoms with Crippen LogP contribution in [0.25, 0.3) is 0 Å². The number of nitrogens with zero attached hydrogens (tertiary/aromatic N) is 2. The third-order valence-corrected chi connectivity index (χ3v) is 4.07. The van der Waals surface area contributed by atoms with Crippen molar-refractivity contribution in [1.29, 1.82) is 0 Å². The van der Waals surface area contributed by atoms with Crippen molar-refractivity contribution in [3.05, 3.63) is 46.0 Å². The van der Waals surface area contributed by atoms with Gasteiger partial charge >= 0.3 is 0 Å². The van der Waals surface area contributed by atoms with Crippen LogP contribution in [0, 0.1) is 0 Å². The van der Waals surface area contributed by atoms with Crippen LogP contribution >= 0.6 is 23.1 Å². The quantitative estimate of drug-likeness (QED) is 0.876. The number of aromatic nitrogens is 2. The standard InChI is InChI=1S/C15H18ClN3OS/c1-15(2,3)13-12(21-19-18-13)14(20)17-9-11-6-4-10(8-16)5-7-11/h4-7H,8-9H2,1-3H3,(H,17,20). The summed E-state index contributed by atoms with van der Waals surface area (Å²) in [4.78, 5) is 12.9. The molecule has 0 fully saturated rings. The molecule has 0 unspecified atom stereocenters. The molecule has 2 aromatic rings. The first-order chi connectivity index (χ1) is 9.91. The van der Waals surface area contributed by atoms with Gasteiger partial charge in [0, 0.05) is 17.8 Å². The average molecular weight is 324 g/mol. The second kappa shape index (κ2) is 6.54. The zero-order chi connectivity index (χ0) is 15.5. The Bertz CT molecular complexity index is 617. The van der Waals surface area contributed by atoms with Crippen molar-refractivity contribution >= 4 is 29.0 Å². The van der Waals surface area contributed by atoms with Crippen LogP contribution in [0.1, 0.15) is 47.3 Å². The fourth-order valence-electron chi connectivity index (χ4n) is 1.84. The van der Waals surface area contributed by atoms with Crippen LogP contribution in [0.4, 0.5) is 0 Å². The normalized spacial score (nSPS) is 11.4. The summed E-state index contributed by atoms with van der Waals surface area (Å²) in [6.45, 7) is 6.53. The van der Waals surface area contributed by atoms with Gasteiger partial charge in [0.05, 0.1) is 5.69 Å². The predicted molar refractivity (Wildman–Crippen MR) is 85.8 cm³/mol. The van der Waals surface area contributed by atoms with Crippen LogP contribution in [0.3, 0.4) is 0 Å². The van der Waals surface area contributed by atoms with Crippen molar-refractivity contribution in [2.45, 2.75) is 38.6 Å². The first kappa shape index (κ1) is 15.9. The summed E-state index contributed by atoms with van der Waals surface area (Å²) in [5.41, 5.74) is 2.64. The molecule has 2 rings (SSSR count). The van der Waals surface area contributed by atoms with Crippen LogP contribution in [0.15, 0.2) is 24.3 Å². The number of rotatable bonds is 4. The smallest absolute Gasteiger partial charge is 0.265 e. The van der Waals surface area contributed by atoms with E-state index in [4.69, 9.17) is 11.6 Å². The second-order valence-electron chi connectivity index (χ2n) is 5.83. The summed E-state index contributed by atoms with van der Waals surface area (Å²) >= 11 is 6.89. The molecule has 1 aromatic carbocycles. The average Bonchev–Trinajstić information content (AvgIpc) is 2.95. The Balaban J connectivity index is 2.03. The number of halogens is 1. The van der Waals surface area contributed by atoms with Crippen LogP contribution in [-0.4, -0.2) is 15.5 Å². The summed E-state index contributed by atoms with van der Waals surface area (Å²) in [6.07, 6.45) is 0. The Labute approximate surface area is 133 Å². The van der Waals surface area contributed by atoms with Gasteiger partial charge in [-0.1, -0.05) is 49.5 Å². The summed E-state index contributed by atoms with van der Waals surface area (Å²) in [5.74, 6) is 0.366. The number of amides is 1. The van der Waals surface area contributed by atoms with E-state index in [9.17, 15) is 4.79 Å². The van der Waals surface area contributed by atoms with Gasteiger partial charge in [-0.2, -0.15) is 0 Å². The maximum atomic E-state index is 12.3.